The zero-order valence-corrected chi connectivity index (χ0v) is 12.0. The summed E-state index contributed by atoms with van der Waals surface area (Å²) in [5.74, 6) is 5.39. The fourth-order valence-electron chi connectivity index (χ4n) is 1.60. The van der Waals surface area contributed by atoms with Crippen LogP contribution in [0.4, 0.5) is 14.9 Å². The number of benzene rings is 1. The molecule has 0 aliphatic carbocycles. The molecule has 0 saturated heterocycles. The smallest absolute Gasteiger partial charge is 0.319 e. The predicted molar refractivity (Wildman–Crippen MR) is 82.5 cm³/mol. The third-order valence-electron chi connectivity index (χ3n) is 2.58. The van der Waals surface area contributed by atoms with Crippen LogP contribution in [0.2, 0.25) is 0 Å². The third-order valence-corrected chi connectivity index (χ3v) is 3.50. The van der Waals surface area contributed by atoms with E-state index in [2.05, 4.69) is 22.5 Å². The number of amides is 2. The van der Waals surface area contributed by atoms with Crippen molar-refractivity contribution in [1.29, 1.82) is 0 Å². The summed E-state index contributed by atoms with van der Waals surface area (Å²) in [6.07, 6.45) is 0. The largest absolute Gasteiger partial charge is 0.333 e. The van der Waals surface area contributed by atoms with Gasteiger partial charge in [-0.2, -0.15) is 0 Å². The summed E-state index contributed by atoms with van der Waals surface area (Å²) in [5, 5.41) is 7.27. The Bertz CT molecular complexity index is 670. The second-order valence-electron chi connectivity index (χ2n) is 4.08. The van der Waals surface area contributed by atoms with E-state index in [1.54, 1.807) is 0 Å². The molecule has 0 aliphatic rings. The van der Waals surface area contributed by atoms with Crippen LogP contribution in [0.15, 0.2) is 35.7 Å². The number of carbonyl (C=O) groups is 1. The van der Waals surface area contributed by atoms with Crippen molar-refractivity contribution < 1.29 is 9.18 Å². The number of carbonyl (C=O) groups excluding carboxylic acids is 1. The summed E-state index contributed by atoms with van der Waals surface area (Å²) in [6.45, 7) is 0.674. The molecule has 6 heteroatoms. The first kappa shape index (κ1) is 15.0. The minimum atomic E-state index is -0.354. The quantitative estimate of drug-likeness (QED) is 0.763. The summed E-state index contributed by atoms with van der Waals surface area (Å²) in [6, 6.07) is 7.11. The second-order valence-corrected chi connectivity index (χ2v) is 5.08. The minimum absolute atomic E-state index is 0.299. The Balaban J connectivity index is 1.89. The molecular formula is C15H14FN3OS. The number of rotatable bonds is 3. The van der Waals surface area contributed by atoms with Gasteiger partial charge in [-0.05, 0) is 35.7 Å². The predicted octanol–water partition coefficient (Wildman–Crippen LogP) is 2.52. The van der Waals surface area contributed by atoms with Crippen LogP contribution >= 0.6 is 11.3 Å². The monoisotopic (exact) mass is 303 g/mol. The summed E-state index contributed by atoms with van der Waals surface area (Å²) >= 11 is 1.51. The Morgan fingerprint density at radius 2 is 2.05 bits per heavy atom. The maximum atomic E-state index is 12.8. The molecule has 1 heterocycles. The molecule has 108 valence electrons. The highest BCUT2D eigenvalue weighted by Crippen LogP contribution is 2.15. The van der Waals surface area contributed by atoms with Crippen LogP contribution in [0.5, 0.6) is 0 Å². The molecule has 2 amide bonds. The molecular weight excluding hydrogens is 289 g/mol. The first-order valence-electron chi connectivity index (χ1n) is 6.25. The van der Waals surface area contributed by atoms with Crippen molar-refractivity contribution in [3.63, 3.8) is 0 Å². The molecule has 0 atom stereocenters. The van der Waals surface area contributed by atoms with E-state index in [0.29, 0.717) is 18.8 Å². The van der Waals surface area contributed by atoms with Gasteiger partial charge in [0.25, 0.3) is 0 Å². The van der Waals surface area contributed by atoms with Gasteiger partial charge in [-0.3, -0.25) is 0 Å². The van der Waals surface area contributed by atoms with E-state index in [1.807, 2.05) is 11.4 Å². The van der Waals surface area contributed by atoms with Gasteiger partial charge in [-0.15, -0.1) is 11.3 Å². The van der Waals surface area contributed by atoms with Crippen molar-refractivity contribution in [1.82, 2.24) is 5.32 Å². The Labute approximate surface area is 126 Å². The summed E-state index contributed by atoms with van der Waals surface area (Å²) < 4.78 is 12.8. The topological polar surface area (TPSA) is 67.1 Å². The van der Waals surface area contributed by atoms with Crippen LogP contribution in [0.3, 0.4) is 0 Å². The number of hydrogen-bond donors (Lipinski definition) is 3. The highest BCUT2D eigenvalue weighted by atomic mass is 32.1. The first-order valence-corrected chi connectivity index (χ1v) is 7.12. The van der Waals surface area contributed by atoms with E-state index in [9.17, 15) is 9.18 Å². The molecule has 2 aromatic rings. The van der Waals surface area contributed by atoms with Gasteiger partial charge in [0.05, 0.1) is 13.1 Å². The first-order chi connectivity index (χ1) is 10.2. The van der Waals surface area contributed by atoms with Crippen molar-refractivity contribution in [2.75, 3.05) is 11.9 Å². The number of hydrogen-bond acceptors (Lipinski definition) is 3. The lowest BCUT2D eigenvalue weighted by Crippen LogP contribution is -2.28. The Morgan fingerprint density at radius 3 is 2.76 bits per heavy atom. The molecule has 1 aromatic heterocycles. The molecule has 0 spiro atoms. The lowest BCUT2D eigenvalue weighted by atomic mass is 10.2. The molecule has 0 unspecified atom stereocenters. The van der Waals surface area contributed by atoms with Crippen LogP contribution in [-0.4, -0.2) is 12.6 Å². The summed E-state index contributed by atoms with van der Waals surface area (Å²) in [5.41, 5.74) is 6.74. The molecule has 0 saturated carbocycles. The maximum Gasteiger partial charge on any atom is 0.319 e. The average Bonchev–Trinajstić information content (AvgIpc) is 2.93. The van der Waals surface area contributed by atoms with Gasteiger partial charge in [0.2, 0.25) is 0 Å². The SMILES string of the molecule is NCC#Cc1ccsc1CNC(=O)Nc1ccc(F)cc1. The van der Waals surface area contributed by atoms with E-state index >= 15 is 0 Å². The van der Waals surface area contributed by atoms with Crippen molar-refractivity contribution in [3.8, 4) is 11.8 Å². The van der Waals surface area contributed by atoms with Crippen molar-refractivity contribution in [2.24, 2.45) is 5.73 Å². The van der Waals surface area contributed by atoms with Crippen molar-refractivity contribution in [3.05, 3.63) is 52.0 Å². The normalized spacial score (nSPS) is 9.62. The number of anilines is 1. The highest BCUT2D eigenvalue weighted by Gasteiger charge is 2.05. The van der Waals surface area contributed by atoms with Crippen LogP contribution in [0.1, 0.15) is 10.4 Å². The van der Waals surface area contributed by atoms with Crippen LogP contribution < -0.4 is 16.4 Å². The third kappa shape index (κ3) is 4.60. The molecule has 2 rings (SSSR count). The van der Waals surface area contributed by atoms with Crippen molar-refractivity contribution in [2.45, 2.75) is 6.54 Å². The van der Waals surface area contributed by atoms with Gasteiger partial charge in [0.15, 0.2) is 0 Å². The highest BCUT2D eigenvalue weighted by molar-refractivity contribution is 7.10. The van der Waals surface area contributed by atoms with Gasteiger partial charge in [0.1, 0.15) is 5.82 Å². The van der Waals surface area contributed by atoms with E-state index < -0.39 is 0 Å². The number of halogens is 1. The van der Waals surface area contributed by atoms with E-state index in [1.165, 1.54) is 35.6 Å². The maximum absolute atomic E-state index is 12.8. The standard InChI is InChI=1S/C15H14FN3OS/c16-12-3-5-13(6-4-12)19-15(20)18-10-14-11(2-1-8-17)7-9-21-14/h3-7,9H,8,10,17H2,(H2,18,19,20). The van der Waals surface area contributed by atoms with Gasteiger partial charge in [-0.1, -0.05) is 11.8 Å². The Hall–Kier alpha value is -2.36. The number of urea groups is 1. The molecule has 4 nitrogen and oxygen atoms in total. The molecule has 0 aliphatic heterocycles. The second kappa shape index (κ2) is 7.43. The Morgan fingerprint density at radius 1 is 1.29 bits per heavy atom. The zero-order valence-electron chi connectivity index (χ0n) is 11.2. The fraction of sp³-hybridized carbons (Fsp3) is 0.133. The number of nitrogens with two attached hydrogens (primary N) is 1. The van der Waals surface area contributed by atoms with Gasteiger partial charge in [-0.25, -0.2) is 9.18 Å². The van der Waals surface area contributed by atoms with Crippen LogP contribution in [-0.2, 0) is 6.54 Å². The van der Waals surface area contributed by atoms with Gasteiger partial charge < -0.3 is 16.4 Å². The summed E-state index contributed by atoms with van der Waals surface area (Å²) in [4.78, 5) is 12.7. The van der Waals surface area contributed by atoms with Gasteiger partial charge in [0, 0.05) is 16.1 Å². The lowest BCUT2D eigenvalue weighted by molar-refractivity contribution is 0.252. The number of thiophene rings is 1. The fourth-order valence-corrected chi connectivity index (χ4v) is 2.37. The number of nitrogens with one attached hydrogen (secondary N) is 2. The summed E-state index contributed by atoms with van der Waals surface area (Å²) in [7, 11) is 0. The molecule has 4 N–H and O–H groups in total. The minimum Gasteiger partial charge on any atom is -0.333 e. The van der Waals surface area contributed by atoms with E-state index in [4.69, 9.17) is 5.73 Å². The van der Waals surface area contributed by atoms with Crippen molar-refractivity contribution >= 4 is 23.1 Å². The molecule has 0 bridgehead atoms. The average molecular weight is 303 g/mol. The zero-order chi connectivity index (χ0) is 15.1. The molecule has 0 radical (unpaired) electrons. The molecule has 21 heavy (non-hydrogen) atoms. The van der Waals surface area contributed by atoms with Crippen LogP contribution in [0, 0.1) is 17.7 Å². The lowest BCUT2D eigenvalue weighted by Gasteiger charge is -2.07. The Kier molecular flexibility index (Phi) is 5.32. The van der Waals surface area contributed by atoms with E-state index in [-0.39, 0.29) is 11.8 Å². The van der Waals surface area contributed by atoms with Gasteiger partial charge >= 0.3 is 6.03 Å². The van der Waals surface area contributed by atoms with Crippen LogP contribution in [0.25, 0.3) is 0 Å². The molecule has 0 fully saturated rings. The van der Waals surface area contributed by atoms with E-state index in [0.717, 1.165) is 10.4 Å². The molecule has 1 aromatic carbocycles.